The normalized spacial score (nSPS) is 14.2. The molecule has 1 aliphatic rings. The van der Waals surface area contributed by atoms with Crippen molar-refractivity contribution in [2.75, 3.05) is 35.7 Å². The van der Waals surface area contributed by atoms with Crippen molar-refractivity contribution < 1.29 is 14.3 Å². The summed E-state index contributed by atoms with van der Waals surface area (Å²) in [6.07, 6.45) is 0. The van der Waals surface area contributed by atoms with Crippen LogP contribution in [0.15, 0.2) is 42.5 Å². The first-order valence-electron chi connectivity index (χ1n) is 8.41. The van der Waals surface area contributed by atoms with E-state index >= 15 is 0 Å². The van der Waals surface area contributed by atoms with E-state index in [4.69, 9.17) is 15.2 Å². The molecule has 0 fully saturated rings. The molecule has 6 nitrogen and oxygen atoms in total. The summed E-state index contributed by atoms with van der Waals surface area (Å²) in [5.41, 5.74) is 8.12. The number of fused-ring (bicyclic) bond motifs is 1. The molecule has 1 heterocycles. The third-order valence-electron chi connectivity index (χ3n) is 4.16. The standard InChI is InChI=1S/C19H23N3O3/c1-3-24-16-7-5-15(6-8-16)21-19(23)13(2)22-10-11-25-18-9-4-14(20)12-17(18)22/h4-9,12-13H,3,10-11,20H2,1-2H3,(H,21,23). The van der Waals surface area contributed by atoms with Gasteiger partial charge in [-0.1, -0.05) is 0 Å². The molecule has 132 valence electrons. The molecule has 3 N–H and O–H groups in total. The quantitative estimate of drug-likeness (QED) is 0.818. The Hall–Kier alpha value is -2.89. The molecule has 0 aromatic heterocycles. The van der Waals surface area contributed by atoms with Crippen LogP contribution in [0.25, 0.3) is 0 Å². The van der Waals surface area contributed by atoms with E-state index in [2.05, 4.69) is 5.32 Å². The van der Waals surface area contributed by atoms with Gasteiger partial charge in [-0.15, -0.1) is 0 Å². The largest absolute Gasteiger partial charge is 0.494 e. The van der Waals surface area contributed by atoms with Crippen molar-refractivity contribution in [3.05, 3.63) is 42.5 Å². The Kier molecular flexibility index (Phi) is 4.97. The van der Waals surface area contributed by atoms with Gasteiger partial charge in [-0.25, -0.2) is 0 Å². The van der Waals surface area contributed by atoms with Crippen LogP contribution in [-0.4, -0.2) is 31.7 Å². The summed E-state index contributed by atoms with van der Waals surface area (Å²) in [5.74, 6) is 1.45. The molecule has 2 aromatic carbocycles. The number of ether oxygens (including phenoxy) is 2. The highest BCUT2D eigenvalue weighted by Gasteiger charge is 2.27. The maximum absolute atomic E-state index is 12.7. The number of rotatable bonds is 5. The summed E-state index contributed by atoms with van der Waals surface area (Å²) in [6.45, 7) is 5.60. The predicted molar refractivity (Wildman–Crippen MR) is 99.4 cm³/mol. The average Bonchev–Trinajstić information content (AvgIpc) is 2.62. The summed E-state index contributed by atoms with van der Waals surface area (Å²) < 4.78 is 11.1. The fraction of sp³-hybridized carbons (Fsp3) is 0.316. The number of carbonyl (C=O) groups is 1. The first-order valence-corrected chi connectivity index (χ1v) is 8.41. The molecule has 1 unspecified atom stereocenters. The van der Waals surface area contributed by atoms with Gasteiger partial charge < -0.3 is 25.4 Å². The van der Waals surface area contributed by atoms with Gasteiger partial charge in [0.1, 0.15) is 24.1 Å². The van der Waals surface area contributed by atoms with Crippen LogP contribution < -0.4 is 25.4 Å². The zero-order valence-corrected chi connectivity index (χ0v) is 14.5. The number of nitrogen functional groups attached to an aromatic ring is 1. The van der Waals surface area contributed by atoms with Crippen molar-refractivity contribution in [3.8, 4) is 11.5 Å². The SMILES string of the molecule is CCOc1ccc(NC(=O)C(C)N2CCOc3ccc(N)cc32)cc1. The molecule has 0 saturated heterocycles. The van der Waals surface area contributed by atoms with Gasteiger partial charge in [0.25, 0.3) is 0 Å². The molecule has 2 aromatic rings. The highest BCUT2D eigenvalue weighted by Crippen LogP contribution is 2.34. The lowest BCUT2D eigenvalue weighted by Gasteiger charge is -2.35. The number of nitrogens with two attached hydrogens (primary N) is 1. The Bertz CT molecular complexity index is 746. The predicted octanol–water partition coefficient (Wildman–Crippen LogP) is 2.89. The smallest absolute Gasteiger partial charge is 0.246 e. The molecule has 25 heavy (non-hydrogen) atoms. The highest BCUT2D eigenvalue weighted by atomic mass is 16.5. The number of carbonyl (C=O) groups excluding carboxylic acids is 1. The van der Waals surface area contributed by atoms with E-state index in [9.17, 15) is 4.79 Å². The third-order valence-corrected chi connectivity index (χ3v) is 4.16. The van der Waals surface area contributed by atoms with Crippen molar-refractivity contribution in [2.24, 2.45) is 0 Å². The van der Waals surface area contributed by atoms with Crippen LogP contribution in [0.3, 0.4) is 0 Å². The van der Waals surface area contributed by atoms with Crippen LogP contribution in [0.5, 0.6) is 11.5 Å². The number of hydrogen-bond donors (Lipinski definition) is 2. The summed E-state index contributed by atoms with van der Waals surface area (Å²) >= 11 is 0. The highest BCUT2D eigenvalue weighted by molar-refractivity contribution is 5.97. The molecular formula is C19H23N3O3. The van der Waals surface area contributed by atoms with Crippen LogP contribution in [0.1, 0.15) is 13.8 Å². The molecule has 3 rings (SSSR count). The summed E-state index contributed by atoms with van der Waals surface area (Å²) in [6, 6.07) is 12.5. The van der Waals surface area contributed by atoms with Gasteiger partial charge in [-0.2, -0.15) is 0 Å². The number of benzene rings is 2. The number of nitrogens with one attached hydrogen (secondary N) is 1. The number of nitrogens with zero attached hydrogens (tertiary/aromatic N) is 1. The zero-order valence-electron chi connectivity index (χ0n) is 14.5. The van der Waals surface area contributed by atoms with Gasteiger partial charge in [0.2, 0.25) is 5.91 Å². The number of hydrogen-bond acceptors (Lipinski definition) is 5. The molecule has 0 saturated carbocycles. The van der Waals surface area contributed by atoms with Gasteiger partial charge in [-0.3, -0.25) is 4.79 Å². The van der Waals surface area contributed by atoms with Crippen LogP contribution in [0, 0.1) is 0 Å². The second-order valence-electron chi connectivity index (χ2n) is 5.89. The second-order valence-corrected chi connectivity index (χ2v) is 5.89. The summed E-state index contributed by atoms with van der Waals surface area (Å²) in [4.78, 5) is 14.7. The monoisotopic (exact) mass is 341 g/mol. The maximum atomic E-state index is 12.7. The third kappa shape index (κ3) is 3.79. The lowest BCUT2D eigenvalue weighted by atomic mass is 10.1. The molecule has 0 radical (unpaired) electrons. The zero-order chi connectivity index (χ0) is 17.8. The number of anilines is 3. The lowest BCUT2D eigenvalue weighted by molar-refractivity contribution is -0.117. The van der Waals surface area contributed by atoms with E-state index in [-0.39, 0.29) is 11.9 Å². The van der Waals surface area contributed by atoms with E-state index in [1.165, 1.54) is 0 Å². The molecular weight excluding hydrogens is 318 g/mol. The maximum Gasteiger partial charge on any atom is 0.246 e. The molecule has 6 heteroatoms. The first-order chi connectivity index (χ1) is 12.1. The van der Waals surface area contributed by atoms with Crippen molar-refractivity contribution >= 4 is 23.0 Å². The van der Waals surface area contributed by atoms with E-state index in [1.54, 1.807) is 6.07 Å². The van der Waals surface area contributed by atoms with Gasteiger partial charge in [-0.05, 0) is 56.3 Å². The summed E-state index contributed by atoms with van der Waals surface area (Å²) in [5, 5.41) is 2.95. The first kappa shape index (κ1) is 17.0. The Morgan fingerprint density at radius 2 is 2.08 bits per heavy atom. The van der Waals surface area contributed by atoms with E-state index in [1.807, 2.05) is 55.1 Å². The molecule has 1 atom stereocenters. The van der Waals surface area contributed by atoms with Crippen LogP contribution in [0.2, 0.25) is 0 Å². The van der Waals surface area contributed by atoms with Crippen molar-refractivity contribution in [1.29, 1.82) is 0 Å². The fourth-order valence-corrected chi connectivity index (χ4v) is 2.85. The van der Waals surface area contributed by atoms with Gasteiger partial charge in [0.05, 0.1) is 18.8 Å². The van der Waals surface area contributed by atoms with Gasteiger partial charge in [0.15, 0.2) is 0 Å². The minimum atomic E-state index is -0.351. The Balaban J connectivity index is 1.72. The Labute approximate surface area is 147 Å². The molecule has 0 bridgehead atoms. The average molecular weight is 341 g/mol. The van der Waals surface area contributed by atoms with Crippen molar-refractivity contribution in [1.82, 2.24) is 0 Å². The topological polar surface area (TPSA) is 76.8 Å². The van der Waals surface area contributed by atoms with Gasteiger partial charge in [0, 0.05) is 11.4 Å². The van der Waals surface area contributed by atoms with E-state index < -0.39 is 0 Å². The number of amides is 1. The van der Waals surface area contributed by atoms with Crippen molar-refractivity contribution in [2.45, 2.75) is 19.9 Å². The fourth-order valence-electron chi connectivity index (χ4n) is 2.85. The molecule has 0 spiro atoms. The Morgan fingerprint density at radius 1 is 1.32 bits per heavy atom. The molecule has 1 aliphatic heterocycles. The second kappa shape index (κ2) is 7.34. The van der Waals surface area contributed by atoms with E-state index in [0.717, 1.165) is 22.9 Å². The molecule has 0 aliphatic carbocycles. The van der Waals surface area contributed by atoms with Crippen LogP contribution in [0.4, 0.5) is 17.1 Å². The molecule has 1 amide bonds. The lowest BCUT2D eigenvalue weighted by Crippen LogP contribution is -2.46. The Morgan fingerprint density at radius 3 is 2.80 bits per heavy atom. The summed E-state index contributed by atoms with van der Waals surface area (Å²) in [7, 11) is 0. The van der Waals surface area contributed by atoms with Gasteiger partial charge >= 0.3 is 0 Å². The van der Waals surface area contributed by atoms with Crippen molar-refractivity contribution in [3.63, 3.8) is 0 Å². The van der Waals surface area contributed by atoms with Crippen LogP contribution in [-0.2, 0) is 4.79 Å². The minimum absolute atomic E-state index is 0.0839. The van der Waals surface area contributed by atoms with E-state index in [0.29, 0.717) is 25.4 Å². The van der Waals surface area contributed by atoms with Crippen LogP contribution >= 0.6 is 0 Å². The minimum Gasteiger partial charge on any atom is -0.494 e.